The Morgan fingerprint density at radius 2 is 2.00 bits per heavy atom. The van der Waals surface area contributed by atoms with Gasteiger partial charge in [0.1, 0.15) is 11.3 Å². The zero-order chi connectivity index (χ0) is 13.8. The number of amides is 1. The van der Waals surface area contributed by atoms with Gasteiger partial charge in [-0.15, -0.1) is 0 Å². The number of carboxylic acids is 1. The number of carbonyl (C=O) groups excluding carboxylic acids is 1. The van der Waals surface area contributed by atoms with Crippen LogP contribution in [0.4, 0.5) is 10.6 Å². The summed E-state index contributed by atoms with van der Waals surface area (Å²) in [4.78, 5) is 22.6. The minimum absolute atomic E-state index is 0.0778. The molecule has 98 valence electrons. The molecule has 1 amide bonds. The number of carbonyl (C=O) groups is 2. The Labute approximate surface area is 108 Å². The van der Waals surface area contributed by atoms with E-state index in [0.717, 1.165) is 0 Å². The average molecular weight is 261 g/mol. The molecule has 0 radical (unpaired) electrons. The number of aryl methyl sites for hydroxylation is 1. The van der Waals surface area contributed by atoms with Crippen molar-refractivity contribution in [3.05, 3.63) is 41.6 Å². The van der Waals surface area contributed by atoms with Gasteiger partial charge in [-0.1, -0.05) is 18.2 Å². The molecule has 19 heavy (non-hydrogen) atoms. The molecule has 0 spiro atoms. The van der Waals surface area contributed by atoms with Crippen LogP contribution < -0.4 is 10.1 Å². The van der Waals surface area contributed by atoms with Crippen molar-refractivity contribution in [1.29, 1.82) is 0 Å². The zero-order valence-electron chi connectivity index (χ0n) is 10.0. The van der Waals surface area contributed by atoms with Crippen molar-refractivity contribution in [3.63, 3.8) is 0 Å². The number of benzene rings is 1. The molecule has 1 heterocycles. The maximum atomic E-state index is 11.6. The Morgan fingerprint density at radius 1 is 1.32 bits per heavy atom. The van der Waals surface area contributed by atoms with Gasteiger partial charge in [0, 0.05) is 5.69 Å². The molecule has 2 aromatic rings. The number of para-hydroxylation sites is 1. The number of aromatic carboxylic acids is 1. The van der Waals surface area contributed by atoms with Gasteiger partial charge in [0.05, 0.1) is 0 Å². The van der Waals surface area contributed by atoms with E-state index in [0.29, 0.717) is 11.4 Å². The number of nitrogens with one attached hydrogen (secondary N) is 2. The molecule has 0 bridgehead atoms. The van der Waals surface area contributed by atoms with E-state index in [1.165, 1.54) is 0 Å². The van der Waals surface area contributed by atoms with Crippen molar-refractivity contribution in [1.82, 2.24) is 10.2 Å². The number of nitrogens with zero attached hydrogens (tertiary/aromatic N) is 1. The summed E-state index contributed by atoms with van der Waals surface area (Å²) in [6.45, 7) is 1.55. The van der Waals surface area contributed by atoms with Gasteiger partial charge in [0.25, 0.3) is 0 Å². The summed E-state index contributed by atoms with van der Waals surface area (Å²) in [5.74, 6) is -0.906. The van der Waals surface area contributed by atoms with Crippen LogP contribution in [0.15, 0.2) is 30.3 Å². The van der Waals surface area contributed by atoms with Crippen molar-refractivity contribution in [2.24, 2.45) is 0 Å². The zero-order valence-corrected chi connectivity index (χ0v) is 10.0. The largest absolute Gasteiger partial charge is 0.477 e. The lowest BCUT2D eigenvalue weighted by Gasteiger charge is -2.04. The molecule has 0 aliphatic rings. The highest BCUT2D eigenvalue weighted by molar-refractivity contribution is 5.98. The molecule has 1 aromatic carbocycles. The summed E-state index contributed by atoms with van der Waals surface area (Å²) < 4.78 is 4.97. The Kier molecular flexibility index (Phi) is 3.46. The van der Waals surface area contributed by atoms with Crippen molar-refractivity contribution < 1.29 is 19.4 Å². The SMILES string of the molecule is Cc1[nH]nc(NC(=O)Oc2ccccc2)c1C(=O)O. The third-order valence-corrected chi connectivity index (χ3v) is 2.34. The lowest BCUT2D eigenvalue weighted by atomic mass is 10.2. The third-order valence-electron chi connectivity index (χ3n) is 2.34. The number of aromatic nitrogens is 2. The van der Waals surface area contributed by atoms with E-state index in [9.17, 15) is 9.59 Å². The van der Waals surface area contributed by atoms with E-state index in [4.69, 9.17) is 9.84 Å². The number of carboxylic acid groups (broad SMARTS) is 1. The number of aromatic amines is 1. The number of ether oxygens (including phenoxy) is 1. The van der Waals surface area contributed by atoms with E-state index in [1.807, 2.05) is 0 Å². The van der Waals surface area contributed by atoms with Crippen LogP contribution in [0.2, 0.25) is 0 Å². The Balaban J connectivity index is 2.10. The van der Waals surface area contributed by atoms with Gasteiger partial charge >= 0.3 is 12.1 Å². The standard InChI is InChI=1S/C12H11N3O4/c1-7-9(11(16)17)10(15-14-7)13-12(18)19-8-5-3-2-4-6-8/h2-6H,1H3,(H,16,17)(H2,13,14,15,18). The smallest absolute Gasteiger partial charge is 0.418 e. The molecular weight excluding hydrogens is 250 g/mol. The lowest BCUT2D eigenvalue weighted by molar-refractivity contribution is 0.0697. The third kappa shape index (κ3) is 2.89. The van der Waals surface area contributed by atoms with E-state index >= 15 is 0 Å². The quantitative estimate of drug-likeness (QED) is 0.784. The molecule has 0 aliphatic heterocycles. The highest BCUT2D eigenvalue weighted by Crippen LogP contribution is 2.16. The van der Waals surface area contributed by atoms with Gasteiger partial charge in [-0.2, -0.15) is 5.10 Å². The molecule has 0 saturated heterocycles. The first-order chi connectivity index (χ1) is 9.08. The normalized spacial score (nSPS) is 9.95. The second-order valence-corrected chi connectivity index (χ2v) is 3.70. The van der Waals surface area contributed by atoms with Crippen LogP contribution in [-0.4, -0.2) is 27.4 Å². The molecule has 0 atom stereocenters. The summed E-state index contributed by atoms with van der Waals surface area (Å²) in [5, 5.41) is 17.5. The Bertz CT molecular complexity index is 607. The first-order valence-electron chi connectivity index (χ1n) is 5.40. The Hall–Kier alpha value is -2.83. The van der Waals surface area contributed by atoms with Crippen molar-refractivity contribution in [2.45, 2.75) is 6.92 Å². The van der Waals surface area contributed by atoms with Crippen molar-refractivity contribution >= 4 is 17.9 Å². The first kappa shape index (κ1) is 12.6. The fourth-order valence-electron chi connectivity index (χ4n) is 1.50. The predicted molar refractivity (Wildman–Crippen MR) is 66.4 cm³/mol. The van der Waals surface area contributed by atoms with Gasteiger partial charge in [-0.05, 0) is 19.1 Å². The van der Waals surface area contributed by atoms with Crippen molar-refractivity contribution in [3.8, 4) is 5.75 Å². The molecule has 7 nitrogen and oxygen atoms in total. The molecule has 7 heteroatoms. The highest BCUT2D eigenvalue weighted by atomic mass is 16.6. The molecule has 1 aromatic heterocycles. The topological polar surface area (TPSA) is 104 Å². The van der Waals surface area contributed by atoms with Crippen LogP contribution in [-0.2, 0) is 0 Å². The second-order valence-electron chi connectivity index (χ2n) is 3.70. The number of hydrogen-bond donors (Lipinski definition) is 3. The molecule has 0 fully saturated rings. The number of rotatable bonds is 3. The number of anilines is 1. The molecule has 0 unspecified atom stereocenters. The fraction of sp³-hybridized carbons (Fsp3) is 0.0833. The number of hydrogen-bond acceptors (Lipinski definition) is 4. The summed E-state index contributed by atoms with van der Waals surface area (Å²) in [7, 11) is 0. The molecular formula is C12H11N3O4. The average Bonchev–Trinajstić information content (AvgIpc) is 2.71. The van der Waals surface area contributed by atoms with Crippen LogP contribution in [0.25, 0.3) is 0 Å². The molecule has 0 saturated carbocycles. The fourth-order valence-corrected chi connectivity index (χ4v) is 1.50. The minimum atomic E-state index is -1.18. The summed E-state index contributed by atoms with van der Waals surface area (Å²) in [6, 6.07) is 8.42. The van der Waals surface area contributed by atoms with Gasteiger partial charge in [0.15, 0.2) is 5.82 Å². The minimum Gasteiger partial charge on any atom is -0.477 e. The molecule has 2 rings (SSSR count). The van der Waals surface area contributed by atoms with Gasteiger partial charge in [0.2, 0.25) is 0 Å². The van der Waals surface area contributed by atoms with E-state index < -0.39 is 12.1 Å². The lowest BCUT2D eigenvalue weighted by Crippen LogP contribution is -2.18. The van der Waals surface area contributed by atoms with Gasteiger partial charge in [-0.3, -0.25) is 10.4 Å². The van der Waals surface area contributed by atoms with Crippen molar-refractivity contribution in [2.75, 3.05) is 5.32 Å². The van der Waals surface area contributed by atoms with Crippen LogP contribution >= 0.6 is 0 Å². The van der Waals surface area contributed by atoms with Gasteiger partial charge < -0.3 is 9.84 Å². The van der Waals surface area contributed by atoms with Crippen LogP contribution in [0.1, 0.15) is 16.1 Å². The number of H-pyrrole nitrogens is 1. The maximum Gasteiger partial charge on any atom is 0.418 e. The first-order valence-corrected chi connectivity index (χ1v) is 5.40. The monoisotopic (exact) mass is 261 g/mol. The van der Waals surface area contributed by atoms with E-state index in [-0.39, 0.29) is 11.4 Å². The molecule has 3 N–H and O–H groups in total. The highest BCUT2D eigenvalue weighted by Gasteiger charge is 2.19. The van der Waals surface area contributed by atoms with Crippen LogP contribution in [0.5, 0.6) is 5.75 Å². The summed E-state index contributed by atoms with van der Waals surface area (Å²) in [6.07, 6.45) is -0.805. The van der Waals surface area contributed by atoms with Crippen LogP contribution in [0.3, 0.4) is 0 Å². The maximum absolute atomic E-state index is 11.6. The summed E-state index contributed by atoms with van der Waals surface area (Å²) >= 11 is 0. The molecule has 0 aliphatic carbocycles. The summed E-state index contributed by atoms with van der Waals surface area (Å²) in [5.41, 5.74) is 0.257. The van der Waals surface area contributed by atoms with Gasteiger partial charge in [-0.25, -0.2) is 9.59 Å². The van der Waals surface area contributed by atoms with E-state index in [1.54, 1.807) is 37.3 Å². The Morgan fingerprint density at radius 3 is 2.63 bits per heavy atom. The van der Waals surface area contributed by atoms with Crippen LogP contribution in [0, 0.1) is 6.92 Å². The predicted octanol–water partition coefficient (Wildman–Crippen LogP) is 2.03. The second kappa shape index (κ2) is 5.21. The van der Waals surface area contributed by atoms with E-state index in [2.05, 4.69) is 15.5 Å².